The van der Waals surface area contributed by atoms with Crippen LogP contribution < -0.4 is 5.32 Å². The smallest absolute Gasteiger partial charge is 0.257 e. The summed E-state index contributed by atoms with van der Waals surface area (Å²) < 4.78 is 1.04. The van der Waals surface area contributed by atoms with Crippen molar-refractivity contribution < 1.29 is 9.59 Å². The van der Waals surface area contributed by atoms with Gasteiger partial charge in [-0.25, -0.2) is 15.0 Å². The number of rotatable bonds is 4. The molecule has 3 heterocycles. The van der Waals surface area contributed by atoms with Crippen LogP contribution in [0.2, 0.25) is 0 Å². The number of nitrogens with zero attached hydrogens (tertiary/aromatic N) is 5. The number of carbonyl (C=O) groups excluding carboxylic acids is 2. The molecule has 0 spiro atoms. The standard InChI is InChI=1S/C22H26N6O2S/c1-13(2)20-23-10-15(11-24-20)22(30)28-8-7-27(4)18(12-28)21(29)26-16-5-6-17-19(9-16)31-14(3)25-17/h5-6,9-11,13,18H,7-8,12H2,1-4H3,(H,26,29)/t18-/m0/s1. The molecule has 1 aliphatic heterocycles. The fourth-order valence-corrected chi connectivity index (χ4v) is 4.48. The third-order valence-electron chi connectivity index (χ3n) is 5.44. The monoisotopic (exact) mass is 438 g/mol. The lowest BCUT2D eigenvalue weighted by Crippen LogP contribution is -2.57. The number of hydrogen-bond acceptors (Lipinski definition) is 7. The number of amides is 2. The summed E-state index contributed by atoms with van der Waals surface area (Å²) in [6, 6.07) is 5.28. The van der Waals surface area contributed by atoms with Crippen molar-refractivity contribution in [2.24, 2.45) is 0 Å². The molecule has 0 unspecified atom stereocenters. The summed E-state index contributed by atoms with van der Waals surface area (Å²) in [7, 11) is 1.91. The minimum Gasteiger partial charge on any atom is -0.335 e. The van der Waals surface area contributed by atoms with Crippen LogP contribution in [-0.2, 0) is 4.79 Å². The van der Waals surface area contributed by atoms with Crippen LogP contribution in [0.4, 0.5) is 5.69 Å². The van der Waals surface area contributed by atoms with Crippen LogP contribution in [-0.4, -0.2) is 69.3 Å². The van der Waals surface area contributed by atoms with E-state index in [0.29, 0.717) is 31.0 Å². The molecule has 1 fully saturated rings. The Kier molecular flexibility index (Phi) is 5.97. The Hall–Kier alpha value is -2.91. The van der Waals surface area contributed by atoms with Crippen molar-refractivity contribution in [1.29, 1.82) is 0 Å². The number of carbonyl (C=O) groups is 2. The summed E-state index contributed by atoms with van der Waals surface area (Å²) in [6.07, 6.45) is 3.15. The molecule has 0 bridgehead atoms. The van der Waals surface area contributed by atoms with Gasteiger partial charge in [0.1, 0.15) is 11.9 Å². The van der Waals surface area contributed by atoms with Crippen molar-refractivity contribution >= 4 is 39.1 Å². The predicted octanol–water partition coefficient (Wildman–Crippen LogP) is 2.91. The van der Waals surface area contributed by atoms with Crippen molar-refractivity contribution in [2.45, 2.75) is 32.7 Å². The van der Waals surface area contributed by atoms with Gasteiger partial charge in [0.15, 0.2) is 0 Å². The Morgan fingerprint density at radius 1 is 1.19 bits per heavy atom. The van der Waals surface area contributed by atoms with Gasteiger partial charge in [-0.2, -0.15) is 0 Å². The maximum absolute atomic E-state index is 13.0. The molecule has 4 rings (SSSR count). The van der Waals surface area contributed by atoms with E-state index in [4.69, 9.17) is 0 Å². The zero-order valence-corrected chi connectivity index (χ0v) is 18.9. The van der Waals surface area contributed by atoms with Gasteiger partial charge in [0.2, 0.25) is 5.91 Å². The van der Waals surface area contributed by atoms with Crippen molar-refractivity contribution in [3.05, 3.63) is 47.0 Å². The largest absolute Gasteiger partial charge is 0.335 e. The molecule has 1 aromatic carbocycles. The van der Waals surface area contributed by atoms with Crippen LogP contribution in [0.25, 0.3) is 10.2 Å². The summed E-state index contributed by atoms with van der Waals surface area (Å²) in [5, 5.41) is 3.99. The van der Waals surface area contributed by atoms with Crippen LogP contribution in [0, 0.1) is 6.92 Å². The third-order valence-corrected chi connectivity index (χ3v) is 6.37. The molecular formula is C22H26N6O2S. The first-order valence-corrected chi connectivity index (χ1v) is 11.1. The Labute approximate surface area is 185 Å². The number of aromatic nitrogens is 3. The number of thiazole rings is 1. The van der Waals surface area contributed by atoms with E-state index in [0.717, 1.165) is 20.9 Å². The fraction of sp³-hybridized carbons (Fsp3) is 0.409. The Balaban J connectivity index is 1.45. The zero-order valence-electron chi connectivity index (χ0n) is 18.1. The number of aryl methyl sites for hydroxylation is 1. The highest BCUT2D eigenvalue weighted by Gasteiger charge is 2.33. The first-order valence-electron chi connectivity index (χ1n) is 10.3. The van der Waals surface area contributed by atoms with Crippen LogP contribution in [0.5, 0.6) is 0 Å². The van der Waals surface area contributed by atoms with Crippen molar-refractivity contribution in [3.63, 3.8) is 0 Å². The number of nitrogens with one attached hydrogen (secondary N) is 1. The van der Waals surface area contributed by atoms with E-state index in [9.17, 15) is 9.59 Å². The molecule has 1 N–H and O–H groups in total. The lowest BCUT2D eigenvalue weighted by molar-refractivity contribution is -0.122. The van der Waals surface area contributed by atoms with E-state index in [1.165, 1.54) is 0 Å². The third kappa shape index (κ3) is 4.57. The van der Waals surface area contributed by atoms with E-state index >= 15 is 0 Å². The molecule has 8 nitrogen and oxygen atoms in total. The van der Waals surface area contributed by atoms with Gasteiger partial charge < -0.3 is 10.2 Å². The van der Waals surface area contributed by atoms with Gasteiger partial charge in [0.25, 0.3) is 5.91 Å². The molecule has 2 amide bonds. The maximum atomic E-state index is 13.0. The van der Waals surface area contributed by atoms with E-state index in [1.54, 1.807) is 28.6 Å². The van der Waals surface area contributed by atoms with Crippen molar-refractivity contribution in [2.75, 3.05) is 32.0 Å². The molecule has 1 aliphatic rings. The maximum Gasteiger partial charge on any atom is 0.257 e. The lowest BCUT2D eigenvalue weighted by atomic mass is 10.1. The van der Waals surface area contributed by atoms with E-state index in [-0.39, 0.29) is 17.7 Å². The van der Waals surface area contributed by atoms with Crippen LogP contribution in [0.15, 0.2) is 30.6 Å². The molecule has 0 saturated carbocycles. The predicted molar refractivity (Wildman–Crippen MR) is 121 cm³/mol. The summed E-state index contributed by atoms with van der Waals surface area (Å²) in [5.41, 5.74) is 2.10. The normalized spacial score (nSPS) is 17.3. The highest BCUT2D eigenvalue weighted by atomic mass is 32.1. The molecule has 1 saturated heterocycles. The van der Waals surface area contributed by atoms with Crippen LogP contribution >= 0.6 is 11.3 Å². The Morgan fingerprint density at radius 3 is 2.65 bits per heavy atom. The molecule has 1 atom stereocenters. The van der Waals surface area contributed by atoms with Crippen LogP contribution in [0.3, 0.4) is 0 Å². The van der Waals surface area contributed by atoms with Gasteiger partial charge in [-0.05, 0) is 32.2 Å². The molecule has 162 valence electrons. The molecular weight excluding hydrogens is 412 g/mol. The SMILES string of the molecule is Cc1nc2ccc(NC(=O)[C@@H]3CN(C(=O)c4cnc(C(C)C)nc4)CCN3C)cc2s1. The minimum atomic E-state index is -0.438. The number of likely N-dealkylation sites (N-methyl/N-ethyl adjacent to an activating group) is 1. The lowest BCUT2D eigenvalue weighted by Gasteiger charge is -2.38. The van der Waals surface area contributed by atoms with E-state index < -0.39 is 6.04 Å². The number of piperazine rings is 1. The minimum absolute atomic E-state index is 0.132. The first kappa shape index (κ1) is 21.3. The highest BCUT2D eigenvalue weighted by molar-refractivity contribution is 7.18. The second kappa shape index (κ2) is 8.68. The summed E-state index contributed by atoms with van der Waals surface area (Å²) >= 11 is 1.60. The van der Waals surface area contributed by atoms with Crippen molar-refractivity contribution in [1.82, 2.24) is 24.8 Å². The summed E-state index contributed by atoms with van der Waals surface area (Å²) in [4.78, 5) is 42.7. The number of benzene rings is 1. The summed E-state index contributed by atoms with van der Waals surface area (Å²) in [6.45, 7) is 7.46. The van der Waals surface area contributed by atoms with E-state index in [1.807, 2.05) is 50.9 Å². The van der Waals surface area contributed by atoms with Crippen molar-refractivity contribution in [3.8, 4) is 0 Å². The fourth-order valence-electron chi connectivity index (χ4n) is 3.61. The summed E-state index contributed by atoms with van der Waals surface area (Å²) in [5.74, 6) is 0.629. The molecule has 9 heteroatoms. The first-order chi connectivity index (χ1) is 14.8. The van der Waals surface area contributed by atoms with Gasteiger partial charge in [-0.3, -0.25) is 14.5 Å². The van der Waals surface area contributed by atoms with Gasteiger partial charge in [0, 0.05) is 43.6 Å². The number of hydrogen-bond donors (Lipinski definition) is 1. The average Bonchev–Trinajstić information content (AvgIpc) is 3.12. The second-order valence-corrected chi connectivity index (χ2v) is 9.37. The highest BCUT2D eigenvalue weighted by Crippen LogP contribution is 2.25. The molecule has 31 heavy (non-hydrogen) atoms. The molecule has 0 radical (unpaired) electrons. The Bertz CT molecular complexity index is 1110. The molecule has 2 aromatic heterocycles. The molecule has 3 aromatic rings. The Morgan fingerprint density at radius 2 is 1.94 bits per heavy atom. The van der Waals surface area contributed by atoms with Crippen LogP contribution in [0.1, 0.15) is 41.0 Å². The quantitative estimate of drug-likeness (QED) is 0.674. The number of fused-ring (bicyclic) bond motifs is 1. The van der Waals surface area contributed by atoms with Gasteiger partial charge >= 0.3 is 0 Å². The van der Waals surface area contributed by atoms with Gasteiger partial charge in [-0.1, -0.05) is 13.8 Å². The van der Waals surface area contributed by atoms with E-state index in [2.05, 4.69) is 20.3 Å². The number of anilines is 1. The topological polar surface area (TPSA) is 91.3 Å². The van der Waals surface area contributed by atoms with Gasteiger partial charge in [-0.15, -0.1) is 11.3 Å². The zero-order chi connectivity index (χ0) is 22.1. The van der Waals surface area contributed by atoms with Gasteiger partial charge in [0.05, 0.1) is 20.8 Å². The second-order valence-electron chi connectivity index (χ2n) is 8.14. The average molecular weight is 439 g/mol. The molecule has 0 aliphatic carbocycles.